The highest BCUT2D eigenvalue weighted by atomic mass is 32.1. The van der Waals surface area contributed by atoms with E-state index in [1.807, 2.05) is 42.3 Å². The summed E-state index contributed by atoms with van der Waals surface area (Å²) in [7, 11) is 1.91. The summed E-state index contributed by atoms with van der Waals surface area (Å²) >= 11 is 4.49. The van der Waals surface area contributed by atoms with Gasteiger partial charge in [0.05, 0.1) is 5.25 Å². The fourth-order valence-electron chi connectivity index (χ4n) is 2.53. The van der Waals surface area contributed by atoms with E-state index >= 15 is 0 Å². The molecule has 0 radical (unpaired) electrons. The summed E-state index contributed by atoms with van der Waals surface area (Å²) in [4.78, 5) is 14.3. The Kier molecular flexibility index (Phi) is 5.28. The summed E-state index contributed by atoms with van der Waals surface area (Å²) in [6.07, 6.45) is 2.76. The third-order valence-corrected chi connectivity index (χ3v) is 4.16. The van der Waals surface area contributed by atoms with E-state index in [0.717, 1.165) is 31.5 Å². The average Bonchev–Trinajstić information content (AvgIpc) is 2.47. The highest BCUT2D eigenvalue weighted by Gasteiger charge is 2.25. The van der Waals surface area contributed by atoms with Crippen molar-refractivity contribution in [3.63, 3.8) is 0 Å². The molecule has 1 amide bonds. The van der Waals surface area contributed by atoms with Crippen molar-refractivity contribution in [2.75, 3.05) is 20.1 Å². The van der Waals surface area contributed by atoms with E-state index in [2.05, 4.69) is 17.9 Å². The Balaban J connectivity index is 1.90. The van der Waals surface area contributed by atoms with E-state index in [0.29, 0.717) is 12.5 Å². The molecule has 0 saturated carbocycles. The minimum absolute atomic E-state index is 0.138. The van der Waals surface area contributed by atoms with Crippen LogP contribution in [0, 0.1) is 0 Å². The van der Waals surface area contributed by atoms with Gasteiger partial charge in [0.15, 0.2) is 0 Å². The van der Waals surface area contributed by atoms with Crippen molar-refractivity contribution in [3.8, 4) is 0 Å². The minimum atomic E-state index is -0.248. The van der Waals surface area contributed by atoms with Crippen molar-refractivity contribution < 1.29 is 4.79 Å². The van der Waals surface area contributed by atoms with Gasteiger partial charge in [-0.25, -0.2) is 0 Å². The van der Waals surface area contributed by atoms with Gasteiger partial charge in [-0.2, -0.15) is 12.6 Å². The number of nitrogens with zero attached hydrogens (tertiary/aromatic N) is 1. The van der Waals surface area contributed by atoms with Crippen LogP contribution in [0.4, 0.5) is 0 Å². The molecule has 1 unspecified atom stereocenters. The van der Waals surface area contributed by atoms with Crippen LogP contribution in [0.1, 0.15) is 18.4 Å². The lowest BCUT2D eigenvalue weighted by molar-refractivity contribution is -0.131. The Morgan fingerprint density at radius 3 is 2.63 bits per heavy atom. The van der Waals surface area contributed by atoms with Crippen LogP contribution >= 0.6 is 12.6 Å². The maximum absolute atomic E-state index is 12.4. The first-order valence-electron chi connectivity index (χ1n) is 6.88. The van der Waals surface area contributed by atoms with E-state index in [9.17, 15) is 4.79 Å². The van der Waals surface area contributed by atoms with Crippen LogP contribution in [-0.4, -0.2) is 42.2 Å². The van der Waals surface area contributed by atoms with E-state index < -0.39 is 0 Å². The van der Waals surface area contributed by atoms with Gasteiger partial charge in [-0.15, -0.1) is 0 Å². The molecular weight excluding hydrogens is 256 g/mol. The maximum atomic E-state index is 12.4. The van der Waals surface area contributed by atoms with Gasteiger partial charge < -0.3 is 10.2 Å². The van der Waals surface area contributed by atoms with Gasteiger partial charge in [-0.3, -0.25) is 4.79 Å². The number of nitrogens with one attached hydrogen (secondary N) is 1. The normalized spacial score (nSPS) is 18.0. The molecule has 2 rings (SSSR count). The Bertz CT molecular complexity index is 404. The lowest BCUT2D eigenvalue weighted by atomic mass is 10.0. The average molecular weight is 278 g/mol. The second-order valence-electron chi connectivity index (χ2n) is 5.14. The van der Waals surface area contributed by atoms with Crippen LogP contribution in [0.15, 0.2) is 30.3 Å². The summed E-state index contributed by atoms with van der Waals surface area (Å²) in [5.41, 5.74) is 1.16. The van der Waals surface area contributed by atoms with Crippen LogP contribution in [0.5, 0.6) is 0 Å². The summed E-state index contributed by atoms with van der Waals surface area (Å²) < 4.78 is 0. The summed E-state index contributed by atoms with van der Waals surface area (Å²) in [5, 5.41) is 3.07. The molecule has 0 aliphatic carbocycles. The number of piperidine rings is 1. The molecule has 3 nitrogen and oxygen atoms in total. The van der Waals surface area contributed by atoms with Gasteiger partial charge in [0.2, 0.25) is 5.91 Å². The standard InChI is InChI=1S/C15H22N2OS/c1-17(13-7-9-16-10-8-13)15(18)14(19)11-12-5-3-2-4-6-12/h2-6,13-14,16,19H,7-11H2,1H3. The summed E-state index contributed by atoms with van der Waals surface area (Å²) in [6.45, 7) is 2.00. The van der Waals surface area contributed by atoms with Crippen molar-refractivity contribution in [2.45, 2.75) is 30.6 Å². The topological polar surface area (TPSA) is 32.3 Å². The van der Waals surface area contributed by atoms with E-state index in [-0.39, 0.29) is 11.2 Å². The van der Waals surface area contributed by atoms with Crippen molar-refractivity contribution in [1.29, 1.82) is 0 Å². The molecule has 1 aromatic carbocycles. The van der Waals surface area contributed by atoms with Crippen molar-refractivity contribution >= 4 is 18.5 Å². The van der Waals surface area contributed by atoms with Gasteiger partial charge >= 0.3 is 0 Å². The van der Waals surface area contributed by atoms with E-state index in [4.69, 9.17) is 0 Å². The molecule has 1 aliphatic rings. The number of carbonyl (C=O) groups excluding carboxylic acids is 1. The molecule has 1 N–H and O–H groups in total. The summed E-state index contributed by atoms with van der Waals surface area (Å²) in [6, 6.07) is 10.4. The number of rotatable bonds is 4. The number of hydrogen-bond donors (Lipinski definition) is 2. The molecule has 104 valence electrons. The highest BCUT2D eigenvalue weighted by molar-refractivity contribution is 7.81. The Hall–Kier alpha value is -1.00. The second-order valence-corrected chi connectivity index (χ2v) is 5.76. The third-order valence-electron chi connectivity index (χ3n) is 3.76. The molecular formula is C15H22N2OS. The molecule has 4 heteroatoms. The first-order valence-corrected chi connectivity index (χ1v) is 7.39. The number of amides is 1. The highest BCUT2D eigenvalue weighted by Crippen LogP contribution is 2.15. The quantitative estimate of drug-likeness (QED) is 0.822. The van der Waals surface area contributed by atoms with Crippen molar-refractivity contribution in [1.82, 2.24) is 10.2 Å². The van der Waals surface area contributed by atoms with Gasteiger partial charge in [-0.1, -0.05) is 30.3 Å². The predicted molar refractivity (Wildman–Crippen MR) is 81.6 cm³/mol. The number of benzene rings is 1. The maximum Gasteiger partial charge on any atom is 0.235 e. The van der Waals surface area contributed by atoms with Crippen LogP contribution in [0.3, 0.4) is 0 Å². The zero-order valence-electron chi connectivity index (χ0n) is 11.4. The molecule has 1 fully saturated rings. The van der Waals surface area contributed by atoms with Gasteiger partial charge in [0, 0.05) is 13.1 Å². The molecule has 1 heterocycles. The largest absolute Gasteiger partial charge is 0.342 e. The lowest BCUT2D eigenvalue weighted by Crippen LogP contribution is -2.46. The fourth-order valence-corrected chi connectivity index (χ4v) is 2.93. The predicted octanol–water partition coefficient (Wildman–Crippen LogP) is 1.74. The van der Waals surface area contributed by atoms with E-state index in [1.54, 1.807) is 0 Å². The van der Waals surface area contributed by atoms with Gasteiger partial charge in [0.25, 0.3) is 0 Å². The fraction of sp³-hybridized carbons (Fsp3) is 0.533. The smallest absolute Gasteiger partial charge is 0.235 e. The first-order chi connectivity index (χ1) is 9.18. The zero-order valence-corrected chi connectivity index (χ0v) is 12.3. The van der Waals surface area contributed by atoms with Gasteiger partial charge in [-0.05, 0) is 37.9 Å². The molecule has 1 saturated heterocycles. The number of thiol groups is 1. The lowest BCUT2D eigenvalue weighted by Gasteiger charge is -2.33. The van der Waals surface area contributed by atoms with Crippen LogP contribution in [-0.2, 0) is 11.2 Å². The van der Waals surface area contributed by atoms with Crippen molar-refractivity contribution in [2.24, 2.45) is 0 Å². The first kappa shape index (κ1) is 14.4. The Morgan fingerprint density at radius 2 is 2.00 bits per heavy atom. The second kappa shape index (κ2) is 6.96. The Morgan fingerprint density at radius 1 is 1.37 bits per heavy atom. The molecule has 19 heavy (non-hydrogen) atoms. The molecule has 1 atom stereocenters. The number of hydrogen-bond acceptors (Lipinski definition) is 3. The van der Waals surface area contributed by atoms with Crippen LogP contribution < -0.4 is 5.32 Å². The summed E-state index contributed by atoms with van der Waals surface area (Å²) in [5.74, 6) is 0.138. The van der Waals surface area contributed by atoms with Crippen LogP contribution in [0.25, 0.3) is 0 Å². The molecule has 0 bridgehead atoms. The monoisotopic (exact) mass is 278 g/mol. The zero-order chi connectivity index (χ0) is 13.7. The van der Waals surface area contributed by atoms with E-state index in [1.165, 1.54) is 0 Å². The molecule has 0 aromatic heterocycles. The minimum Gasteiger partial charge on any atom is -0.342 e. The number of carbonyl (C=O) groups is 1. The Labute approximate surface area is 120 Å². The molecule has 1 aliphatic heterocycles. The molecule has 1 aromatic rings. The SMILES string of the molecule is CN(C(=O)C(S)Cc1ccccc1)C1CCNCC1. The third kappa shape index (κ3) is 3.98. The van der Waals surface area contributed by atoms with Crippen molar-refractivity contribution in [3.05, 3.63) is 35.9 Å². The molecule has 0 spiro atoms. The van der Waals surface area contributed by atoms with Gasteiger partial charge in [0.1, 0.15) is 0 Å². The van der Waals surface area contributed by atoms with Crippen LogP contribution in [0.2, 0.25) is 0 Å².